The van der Waals surface area contributed by atoms with E-state index in [0.29, 0.717) is 24.2 Å². The van der Waals surface area contributed by atoms with Crippen molar-refractivity contribution < 1.29 is 9.53 Å². The van der Waals surface area contributed by atoms with Crippen LogP contribution in [-0.2, 0) is 9.53 Å². The van der Waals surface area contributed by atoms with Crippen molar-refractivity contribution in [2.45, 2.75) is 30.9 Å². The lowest BCUT2D eigenvalue weighted by Gasteiger charge is -2.34. The summed E-state index contributed by atoms with van der Waals surface area (Å²) in [5, 5.41) is 0.522. The number of hydrogen-bond acceptors (Lipinski definition) is 3. The lowest BCUT2D eigenvalue weighted by atomic mass is 9.72. The van der Waals surface area contributed by atoms with E-state index in [-0.39, 0.29) is 11.4 Å². The average molecular weight is 198 g/mol. The fraction of sp³-hybridized carbons (Fsp3) is 0.900. The van der Waals surface area contributed by atoms with E-state index in [1.54, 1.807) is 0 Å². The zero-order valence-electron chi connectivity index (χ0n) is 7.53. The standard InChI is InChI=1S/C10H14O2S/c11-9-4-10(5-12-9)3-6-1-7(10)8(13)2-6/h6-8,13H,1-5H2. The number of thiol groups is 1. The van der Waals surface area contributed by atoms with Crippen molar-refractivity contribution in [2.75, 3.05) is 6.61 Å². The third kappa shape index (κ3) is 0.997. The summed E-state index contributed by atoms with van der Waals surface area (Å²) in [4.78, 5) is 11.1. The summed E-state index contributed by atoms with van der Waals surface area (Å²) in [5.41, 5.74) is 0.201. The number of rotatable bonds is 0. The first-order valence-corrected chi connectivity index (χ1v) is 5.55. The van der Waals surface area contributed by atoms with E-state index in [2.05, 4.69) is 12.6 Å². The Morgan fingerprint density at radius 2 is 2.31 bits per heavy atom. The first kappa shape index (κ1) is 8.16. The van der Waals surface area contributed by atoms with Gasteiger partial charge >= 0.3 is 5.97 Å². The molecule has 2 nitrogen and oxygen atoms in total. The third-order valence-corrected chi connectivity index (χ3v) is 4.70. The molecule has 0 aromatic rings. The molecule has 1 aliphatic heterocycles. The number of cyclic esters (lactones) is 1. The molecule has 1 saturated heterocycles. The minimum Gasteiger partial charge on any atom is -0.465 e. The van der Waals surface area contributed by atoms with Gasteiger partial charge in [0.2, 0.25) is 0 Å². The summed E-state index contributed by atoms with van der Waals surface area (Å²) >= 11 is 4.61. The lowest BCUT2D eigenvalue weighted by molar-refractivity contribution is -0.137. The Balaban J connectivity index is 1.90. The Hall–Kier alpha value is -0.180. The molecule has 2 saturated carbocycles. The number of ether oxygens (including phenoxy) is 1. The van der Waals surface area contributed by atoms with Crippen LogP contribution >= 0.6 is 12.6 Å². The molecule has 3 fully saturated rings. The second-order valence-corrected chi connectivity index (χ2v) is 5.58. The SMILES string of the molecule is O=C1CC2(CO1)CC1CC(S)C2C1. The second kappa shape index (κ2) is 2.44. The van der Waals surface area contributed by atoms with Gasteiger partial charge in [-0.3, -0.25) is 4.79 Å². The van der Waals surface area contributed by atoms with Gasteiger partial charge in [0.1, 0.15) is 0 Å². The molecular formula is C10H14O2S. The van der Waals surface area contributed by atoms with Crippen molar-refractivity contribution in [2.24, 2.45) is 17.3 Å². The maximum absolute atomic E-state index is 11.1. The number of carbonyl (C=O) groups is 1. The highest BCUT2D eigenvalue weighted by Gasteiger charge is 2.58. The summed E-state index contributed by atoms with van der Waals surface area (Å²) < 4.78 is 5.12. The fourth-order valence-electron chi connectivity index (χ4n) is 3.65. The highest BCUT2D eigenvalue weighted by Crippen LogP contribution is 2.60. The van der Waals surface area contributed by atoms with E-state index in [1.165, 1.54) is 19.3 Å². The van der Waals surface area contributed by atoms with Gasteiger partial charge in [-0.25, -0.2) is 0 Å². The predicted octanol–water partition coefficient (Wildman–Crippen LogP) is 1.65. The monoisotopic (exact) mass is 198 g/mol. The highest BCUT2D eigenvalue weighted by molar-refractivity contribution is 7.81. The average Bonchev–Trinajstić information content (AvgIpc) is 2.66. The van der Waals surface area contributed by atoms with Gasteiger partial charge in [-0.15, -0.1) is 0 Å². The minimum atomic E-state index is 0.00748. The van der Waals surface area contributed by atoms with Crippen molar-refractivity contribution in [1.29, 1.82) is 0 Å². The van der Waals surface area contributed by atoms with Gasteiger partial charge in [-0.2, -0.15) is 12.6 Å². The Kier molecular flexibility index (Phi) is 1.53. The van der Waals surface area contributed by atoms with Crippen LogP contribution in [0.15, 0.2) is 0 Å². The van der Waals surface area contributed by atoms with Crippen molar-refractivity contribution in [3.63, 3.8) is 0 Å². The molecule has 3 rings (SSSR count). The number of fused-ring (bicyclic) bond motifs is 3. The molecule has 2 aliphatic carbocycles. The zero-order valence-corrected chi connectivity index (χ0v) is 8.43. The fourth-order valence-corrected chi connectivity index (χ4v) is 4.39. The van der Waals surface area contributed by atoms with Crippen molar-refractivity contribution in [3.8, 4) is 0 Å². The van der Waals surface area contributed by atoms with Crippen molar-refractivity contribution in [3.05, 3.63) is 0 Å². The van der Waals surface area contributed by atoms with E-state index in [1.807, 2.05) is 0 Å². The number of hydrogen-bond donors (Lipinski definition) is 1. The maximum Gasteiger partial charge on any atom is 0.306 e. The molecule has 4 unspecified atom stereocenters. The topological polar surface area (TPSA) is 26.3 Å². The number of carbonyl (C=O) groups excluding carboxylic acids is 1. The molecular weight excluding hydrogens is 184 g/mol. The molecule has 4 atom stereocenters. The molecule has 1 heterocycles. The molecule has 3 heteroatoms. The molecule has 0 aromatic heterocycles. The maximum atomic E-state index is 11.1. The van der Waals surface area contributed by atoms with E-state index in [0.717, 1.165) is 5.92 Å². The van der Waals surface area contributed by atoms with Crippen LogP contribution < -0.4 is 0 Å². The molecule has 2 bridgehead atoms. The van der Waals surface area contributed by atoms with Crippen LogP contribution in [0.5, 0.6) is 0 Å². The van der Waals surface area contributed by atoms with Crippen LogP contribution in [0, 0.1) is 17.3 Å². The highest BCUT2D eigenvalue weighted by atomic mass is 32.1. The van der Waals surface area contributed by atoms with E-state index in [4.69, 9.17) is 4.74 Å². The van der Waals surface area contributed by atoms with Gasteiger partial charge in [-0.1, -0.05) is 0 Å². The summed E-state index contributed by atoms with van der Waals surface area (Å²) in [6.07, 6.45) is 4.40. The zero-order chi connectivity index (χ0) is 9.05. The van der Waals surface area contributed by atoms with Gasteiger partial charge in [0.15, 0.2) is 0 Å². The predicted molar refractivity (Wildman–Crippen MR) is 51.6 cm³/mol. The Bertz CT molecular complexity index is 266. The van der Waals surface area contributed by atoms with Crippen molar-refractivity contribution >= 4 is 18.6 Å². The summed E-state index contributed by atoms with van der Waals surface area (Å²) in [5.74, 6) is 1.47. The summed E-state index contributed by atoms with van der Waals surface area (Å²) in [6.45, 7) is 0.671. The van der Waals surface area contributed by atoms with Crippen LogP contribution in [0.4, 0.5) is 0 Å². The van der Waals surface area contributed by atoms with Crippen LogP contribution in [0.3, 0.4) is 0 Å². The van der Waals surface area contributed by atoms with Crippen LogP contribution in [0.25, 0.3) is 0 Å². The van der Waals surface area contributed by atoms with Gasteiger partial charge in [0, 0.05) is 10.7 Å². The molecule has 0 radical (unpaired) electrons. The Morgan fingerprint density at radius 1 is 1.46 bits per heavy atom. The molecule has 0 amide bonds. The minimum absolute atomic E-state index is 0.00748. The number of esters is 1. The first-order valence-electron chi connectivity index (χ1n) is 5.03. The molecule has 0 aromatic carbocycles. The van der Waals surface area contributed by atoms with Gasteiger partial charge in [0.05, 0.1) is 13.0 Å². The van der Waals surface area contributed by atoms with Crippen LogP contribution in [0.1, 0.15) is 25.7 Å². The van der Waals surface area contributed by atoms with Gasteiger partial charge in [0.25, 0.3) is 0 Å². The molecule has 0 N–H and O–H groups in total. The first-order chi connectivity index (χ1) is 6.20. The molecule has 72 valence electrons. The smallest absolute Gasteiger partial charge is 0.306 e. The Morgan fingerprint density at radius 3 is 2.85 bits per heavy atom. The quantitative estimate of drug-likeness (QED) is 0.473. The van der Waals surface area contributed by atoms with Crippen molar-refractivity contribution in [1.82, 2.24) is 0 Å². The summed E-state index contributed by atoms with van der Waals surface area (Å²) in [6, 6.07) is 0. The second-order valence-electron chi connectivity index (χ2n) is 4.92. The summed E-state index contributed by atoms with van der Waals surface area (Å²) in [7, 11) is 0. The van der Waals surface area contributed by atoms with Gasteiger partial charge < -0.3 is 4.74 Å². The molecule has 13 heavy (non-hydrogen) atoms. The van der Waals surface area contributed by atoms with Gasteiger partial charge in [-0.05, 0) is 31.1 Å². The van der Waals surface area contributed by atoms with E-state index < -0.39 is 0 Å². The lowest BCUT2D eigenvalue weighted by Crippen LogP contribution is -2.34. The Labute approximate surface area is 83.4 Å². The van der Waals surface area contributed by atoms with E-state index in [9.17, 15) is 4.79 Å². The third-order valence-electron chi connectivity index (χ3n) is 4.13. The molecule has 1 spiro atoms. The molecule has 3 aliphatic rings. The van der Waals surface area contributed by atoms with E-state index >= 15 is 0 Å². The van der Waals surface area contributed by atoms with Crippen LogP contribution in [0.2, 0.25) is 0 Å². The largest absolute Gasteiger partial charge is 0.465 e. The normalized spacial score (nSPS) is 53.3. The van der Waals surface area contributed by atoms with Crippen LogP contribution in [-0.4, -0.2) is 17.8 Å².